The van der Waals surface area contributed by atoms with E-state index in [4.69, 9.17) is 14.2 Å². The Balaban J connectivity index is 1.57. The van der Waals surface area contributed by atoms with Crippen molar-refractivity contribution < 1.29 is 19.0 Å². The summed E-state index contributed by atoms with van der Waals surface area (Å²) in [5.41, 5.74) is 3.21. The summed E-state index contributed by atoms with van der Waals surface area (Å²) >= 11 is 8.38. The van der Waals surface area contributed by atoms with Crippen molar-refractivity contribution in [2.24, 2.45) is 4.99 Å². The molecule has 4 aromatic rings. The Morgan fingerprint density at radius 1 is 1.00 bits per heavy atom. The van der Waals surface area contributed by atoms with Crippen LogP contribution >= 0.6 is 43.2 Å². The predicted molar refractivity (Wildman–Crippen MR) is 171 cm³/mol. The number of rotatable bonds is 9. The number of allylic oxidation sites excluding steroid dienone is 1. The number of aromatic nitrogens is 1. The minimum Gasteiger partial charge on any atom is -0.490 e. The van der Waals surface area contributed by atoms with Crippen molar-refractivity contribution >= 4 is 55.2 Å². The molecule has 0 fully saturated rings. The number of nitrogens with zero attached hydrogens (tertiary/aromatic N) is 2. The third-order valence-corrected chi connectivity index (χ3v) is 8.79. The highest BCUT2D eigenvalue weighted by Crippen LogP contribution is 2.35. The lowest BCUT2D eigenvalue weighted by Gasteiger charge is -2.24. The summed E-state index contributed by atoms with van der Waals surface area (Å²) in [4.78, 5) is 32.2. The summed E-state index contributed by atoms with van der Waals surface area (Å²) in [6.45, 7) is 6.49. The minimum absolute atomic E-state index is 0.223. The highest BCUT2D eigenvalue weighted by molar-refractivity contribution is 9.10. The number of thiazole rings is 1. The first-order chi connectivity index (χ1) is 20.3. The summed E-state index contributed by atoms with van der Waals surface area (Å²) in [5.74, 6) is 0.674. The van der Waals surface area contributed by atoms with Crippen molar-refractivity contribution in [1.29, 1.82) is 0 Å². The summed E-state index contributed by atoms with van der Waals surface area (Å²) in [6.07, 6.45) is 1.81. The first-order valence-corrected chi connectivity index (χ1v) is 15.8. The van der Waals surface area contributed by atoms with Crippen molar-refractivity contribution in [1.82, 2.24) is 4.57 Å². The number of benzene rings is 3. The number of fused-ring (bicyclic) bond motifs is 1. The van der Waals surface area contributed by atoms with Gasteiger partial charge in [-0.1, -0.05) is 85.7 Å². The maximum absolute atomic E-state index is 13.9. The summed E-state index contributed by atoms with van der Waals surface area (Å²) in [7, 11) is 0. The molecule has 5 rings (SSSR count). The quantitative estimate of drug-likeness (QED) is 0.191. The Morgan fingerprint density at radius 3 is 2.40 bits per heavy atom. The molecule has 1 aliphatic heterocycles. The van der Waals surface area contributed by atoms with E-state index in [0.29, 0.717) is 45.3 Å². The lowest BCUT2D eigenvalue weighted by atomic mass is 9.96. The Bertz CT molecular complexity index is 1830. The third-order valence-electron chi connectivity index (χ3n) is 6.59. The van der Waals surface area contributed by atoms with E-state index in [2.05, 4.69) is 36.9 Å². The van der Waals surface area contributed by atoms with Crippen LogP contribution in [-0.2, 0) is 16.1 Å². The number of hydrogen-bond donors (Lipinski definition) is 0. The number of hydrogen-bond acceptors (Lipinski definition) is 7. The molecule has 0 bridgehead atoms. The van der Waals surface area contributed by atoms with Crippen molar-refractivity contribution in [3.05, 3.63) is 123 Å². The minimum atomic E-state index is -0.652. The fourth-order valence-electron chi connectivity index (χ4n) is 4.67. The van der Waals surface area contributed by atoms with Gasteiger partial charge in [0, 0.05) is 8.95 Å². The number of carbonyl (C=O) groups is 1. The predicted octanol–water partition coefficient (Wildman–Crippen LogP) is 6.30. The molecule has 0 saturated carbocycles. The molecular formula is C32H28Br2N2O5S. The molecule has 1 aliphatic rings. The third kappa shape index (κ3) is 6.30. The normalized spacial score (nSPS) is 14.8. The first-order valence-electron chi connectivity index (χ1n) is 13.4. The van der Waals surface area contributed by atoms with E-state index in [1.54, 1.807) is 24.5 Å². The van der Waals surface area contributed by atoms with Gasteiger partial charge in [-0.05, 0) is 67.8 Å². The summed E-state index contributed by atoms with van der Waals surface area (Å²) in [6, 6.07) is 20.4. The Morgan fingerprint density at radius 2 is 1.71 bits per heavy atom. The zero-order valence-corrected chi connectivity index (χ0v) is 27.2. The van der Waals surface area contributed by atoms with E-state index in [-0.39, 0.29) is 12.2 Å². The molecule has 0 aliphatic carbocycles. The largest absolute Gasteiger partial charge is 0.490 e. The highest BCUT2D eigenvalue weighted by Gasteiger charge is 2.33. The van der Waals surface area contributed by atoms with Crippen LogP contribution in [0.15, 0.2) is 96.7 Å². The Kier molecular flexibility index (Phi) is 9.45. The second-order valence-electron chi connectivity index (χ2n) is 9.38. The zero-order chi connectivity index (χ0) is 29.8. The van der Waals surface area contributed by atoms with Gasteiger partial charge < -0.3 is 14.2 Å². The molecule has 0 amide bonds. The molecule has 0 radical (unpaired) electrons. The fourth-order valence-corrected chi connectivity index (χ4v) is 6.41. The molecule has 1 atom stereocenters. The lowest BCUT2D eigenvalue weighted by molar-refractivity contribution is -0.139. The average Bonchev–Trinajstić information content (AvgIpc) is 3.28. The van der Waals surface area contributed by atoms with Crippen LogP contribution in [-0.4, -0.2) is 23.8 Å². The molecule has 0 unspecified atom stereocenters. The van der Waals surface area contributed by atoms with E-state index < -0.39 is 12.0 Å². The van der Waals surface area contributed by atoms with Gasteiger partial charge in [0.25, 0.3) is 5.56 Å². The van der Waals surface area contributed by atoms with Gasteiger partial charge in [-0.2, -0.15) is 0 Å². The Hall–Kier alpha value is -3.47. The smallest absolute Gasteiger partial charge is 0.338 e. The van der Waals surface area contributed by atoms with Crippen molar-refractivity contribution in [3.63, 3.8) is 0 Å². The number of esters is 1. The van der Waals surface area contributed by atoms with E-state index >= 15 is 0 Å². The molecule has 0 spiro atoms. The average molecular weight is 712 g/mol. The van der Waals surface area contributed by atoms with Gasteiger partial charge in [0.05, 0.1) is 35.1 Å². The van der Waals surface area contributed by atoms with Gasteiger partial charge in [0.15, 0.2) is 16.3 Å². The second-order valence-corrected chi connectivity index (χ2v) is 12.2. The molecule has 1 aromatic heterocycles. The Labute approximate surface area is 264 Å². The second kappa shape index (κ2) is 13.2. The molecule has 2 heterocycles. The van der Waals surface area contributed by atoms with Gasteiger partial charge >= 0.3 is 5.97 Å². The maximum Gasteiger partial charge on any atom is 0.338 e. The lowest BCUT2D eigenvalue weighted by Crippen LogP contribution is -2.39. The topological polar surface area (TPSA) is 79.1 Å². The SMILES string of the molecule is CCOC(=O)C1=C(C)N=c2s/c(=C\c3cc(OCC)c(OCc4ccc(Br)cc4)cc3Br)c(=O)n2[C@H]1c1ccccc1. The van der Waals surface area contributed by atoms with Gasteiger partial charge in [-0.25, -0.2) is 9.79 Å². The van der Waals surface area contributed by atoms with Crippen LogP contribution in [0.25, 0.3) is 6.08 Å². The number of ether oxygens (including phenoxy) is 3. The van der Waals surface area contributed by atoms with Crippen LogP contribution in [0, 0.1) is 0 Å². The first kappa shape index (κ1) is 30.0. The van der Waals surface area contributed by atoms with Crippen LogP contribution in [0.4, 0.5) is 0 Å². The van der Waals surface area contributed by atoms with E-state index in [9.17, 15) is 9.59 Å². The molecule has 3 aromatic carbocycles. The van der Waals surface area contributed by atoms with Gasteiger partial charge in [-0.15, -0.1) is 0 Å². The van der Waals surface area contributed by atoms with Crippen molar-refractivity contribution in [2.45, 2.75) is 33.4 Å². The van der Waals surface area contributed by atoms with Crippen LogP contribution in [0.2, 0.25) is 0 Å². The highest BCUT2D eigenvalue weighted by atomic mass is 79.9. The van der Waals surface area contributed by atoms with Crippen LogP contribution in [0.1, 0.15) is 43.5 Å². The fraction of sp³-hybridized carbons (Fsp3) is 0.219. The maximum atomic E-state index is 13.9. The molecule has 0 N–H and O–H groups in total. The summed E-state index contributed by atoms with van der Waals surface area (Å²) < 4.78 is 21.2. The van der Waals surface area contributed by atoms with E-state index in [1.807, 2.05) is 73.7 Å². The number of carbonyl (C=O) groups excluding carboxylic acids is 1. The molecule has 10 heteroatoms. The van der Waals surface area contributed by atoms with Crippen molar-refractivity contribution in [3.8, 4) is 11.5 Å². The van der Waals surface area contributed by atoms with Crippen molar-refractivity contribution in [2.75, 3.05) is 13.2 Å². The number of halogens is 2. The van der Waals surface area contributed by atoms with Crippen LogP contribution < -0.4 is 24.4 Å². The van der Waals surface area contributed by atoms with Crippen LogP contribution in [0.3, 0.4) is 0 Å². The summed E-state index contributed by atoms with van der Waals surface area (Å²) in [5, 5.41) is 0. The van der Waals surface area contributed by atoms with Crippen LogP contribution in [0.5, 0.6) is 11.5 Å². The van der Waals surface area contributed by atoms with Gasteiger partial charge in [0.2, 0.25) is 0 Å². The monoisotopic (exact) mass is 710 g/mol. The molecular weight excluding hydrogens is 684 g/mol. The molecule has 216 valence electrons. The molecule has 42 heavy (non-hydrogen) atoms. The van der Waals surface area contributed by atoms with Gasteiger partial charge in [-0.3, -0.25) is 9.36 Å². The molecule has 7 nitrogen and oxygen atoms in total. The van der Waals surface area contributed by atoms with Gasteiger partial charge in [0.1, 0.15) is 6.61 Å². The molecule has 0 saturated heterocycles. The standard InChI is InChI=1S/C32H28Br2N2O5S/c1-4-39-25-15-22(24(34)17-26(25)41-18-20-11-13-23(33)14-12-20)16-27-30(37)36-29(21-9-7-6-8-10-21)28(31(38)40-5-2)19(3)35-32(36)42-27/h6-17,29H,4-5,18H2,1-3H3/b27-16-/t29-/m0/s1. The van der Waals surface area contributed by atoms with E-state index in [1.165, 1.54) is 11.3 Å². The van der Waals surface area contributed by atoms with E-state index in [0.717, 1.165) is 25.6 Å². The zero-order valence-electron chi connectivity index (χ0n) is 23.2.